The smallest absolute Gasteiger partial charge is 0.174 e. The van der Waals surface area contributed by atoms with Crippen LogP contribution in [0.3, 0.4) is 0 Å². The highest BCUT2D eigenvalue weighted by atomic mass is 79.9. The van der Waals surface area contributed by atoms with Gasteiger partial charge in [-0.3, -0.25) is 4.79 Å². The van der Waals surface area contributed by atoms with Crippen LogP contribution in [0.25, 0.3) is 0 Å². The molecule has 12 heavy (non-hydrogen) atoms. The number of hydrogen-bond acceptors (Lipinski definition) is 2. The van der Waals surface area contributed by atoms with E-state index in [1.807, 2.05) is 0 Å². The average molecular weight is 230 g/mol. The minimum atomic E-state index is 0.222. The Morgan fingerprint density at radius 2 is 1.67 bits per heavy atom. The normalized spacial score (nSPS) is 25.1. The number of nitrogens with two attached hydrogens (primary N) is 1. The number of carbonyl (C=O) groups is 1. The highest BCUT2D eigenvalue weighted by molar-refractivity contribution is 9.12. The number of carbonyl (C=O) groups excluding carboxylic acids is 1. The molecule has 0 amide bonds. The molecule has 3 heteroatoms. The second-order valence-electron chi connectivity index (χ2n) is 3.68. The number of halogens is 1. The molecule has 2 saturated carbocycles. The summed E-state index contributed by atoms with van der Waals surface area (Å²) >= 11 is 3.29. The van der Waals surface area contributed by atoms with Crippen LogP contribution in [0.5, 0.6) is 0 Å². The predicted octanol–water partition coefficient (Wildman–Crippen LogP) is 1.94. The highest BCUT2D eigenvalue weighted by Gasteiger charge is 2.34. The first-order valence-corrected chi connectivity index (χ1v) is 5.19. The SMILES string of the molecule is NC(=C(Br)C(=O)C1CC1)C1CC1. The third-order valence-electron chi connectivity index (χ3n) is 2.44. The molecule has 0 radical (unpaired) electrons. The fourth-order valence-electron chi connectivity index (χ4n) is 1.24. The van der Waals surface area contributed by atoms with Gasteiger partial charge in [0.05, 0.1) is 4.48 Å². The molecule has 0 spiro atoms. The standard InChI is InChI=1S/C9H12BrNO/c10-7(8(11)5-1-2-5)9(12)6-3-4-6/h5-6H,1-4,11H2. The summed E-state index contributed by atoms with van der Waals surface area (Å²) in [5.41, 5.74) is 6.59. The second-order valence-corrected chi connectivity index (χ2v) is 4.48. The van der Waals surface area contributed by atoms with Crippen LogP contribution >= 0.6 is 15.9 Å². The van der Waals surface area contributed by atoms with Gasteiger partial charge in [-0.2, -0.15) is 0 Å². The zero-order chi connectivity index (χ0) is 8.72. The molecule has 2 nitrogen and oxygen atoms in total. The minimum absolute atomic E-state index is 0.222. The second kappa shape index (κ2) is 2.87. The van der Waals surface area contributed by atoms with Crippen LogP contribution in [0.1, 0.15) is 25.7 Å². The summed E-state index contributed by atoms with van der Waals surface area (Å²) in [7, 11) is 0. The zero-order valence-electron chi connectivity index (χ0n) is 6.85. The first kappa shape index (κ1) is 8.30. The molecule has 0 saturated heterocycles. The summed E-state index contributed by atoms with van der Waals surface area (Å²) in [6.45, 7) is 0. The van der Waals surface area contributed by atoms with Crippen LogP contribution in [0.15, 0.2) is 10.2 Å². The van der Waals surface area contributed by atoms with E-state index in [0.29, 0.717) is 10.4 Å². The Bertz CT molecular complexity index is 251. The van der Waals surface area contributed by atoms with Crippen molar-refractivity contribution in [1.82, 2.24) is 0 Å². The summed E-state index contributed by atoms with van der Waals surface area (Å²) in [6, 6.07) is 0. The van der Waals surface area contributed by atoms with Crippen molar-refractivity contribution >= 4 is 21.7 Å². The van der Waals surface area contributed by atoms with Gasteiger partial charge in [-0.25, -0.2) is 0 Å². The van der Waals surface area contributed by atoms with E-state index in [-0.39, 0.29) is 11.7 Å². The Kier molecular flexibility index (Phi) is 1.99. The lowest BCUT2D eigenvalue weighted by atomic mass is 10.2. The molecule has 2 N–H and O–H groups in total. The Hall–Kier alpha value is -0.310. The first-order valence-electron chi connectivity index (χ1n) is 4.39. The Labute approximate surface area is 80.3 Å². The van der Waals surface area contributed by atoms with E-state index in [1.165, 1.54) is 0 Å². The van der Waals surface area contributed by atoms with E-state index in [0.717, 1.165) is 31.4 Å². The third-order valence-corrected chi connectivity index (χ3v) is 3.28. The maximum Gasteiger partial charge on any atom is 0.174 e. The molecule has 0 aromatic heterocycles. The molecule has 2 rings (SSSR count). The van der Waals surface area contributed by atoms with Crippen molar-refractivity contribution in [1.29, 1.82) is 0 Å². The largest absolute Gasteiger partial charge is 0.401 e. The van der Waals surface area contributed by atoms with Crippen molar-refractivity contribution in [3.05, 3.63) is 10.2 Å². The molecule has 66 valence electrons. The molecule has 0 aliphatic heterocycles. The summed E-state index contributed by atoms with van der Waals surface area (Å²) in [5, 5.41) is 0. The first-order chi connectivity index (χ1) is 5.70. The van der Waals surface area contributed by atoms with Gasteiger partial charge in [0, 0.05) is 11.6 Å². The highest BCUT2D eigenvalue weighted by Crippen LogP contribution is 2.40. The van der Waals surface area contributed by atoms with Crippen LogP contribution in [0, 0.1) is 11.8 Å². The van der Waals surface area contributed by atoms with Gasteiger partial charge in [-0.1, -0.05) is 0 Å². The third kappa shape index (κ3) is 1.56. The number of ketones is 1. The predicted molar refractivity (Wildman–Crippen MR) is 50.6 cm³/mol. The Morgan fingerprint density at radius 3 is 2.08 bits per heavy atom. The molecule has 0 unspecified atom stereocenters. The van der Waals surface area contributed by atoms with Crippen molar-refractivity contribution < 1.29 is 4.79 Å². The van der Waals surface area contributed by atoms with Gasteiger partial charge in [-0.05, 0) is 47.5 Å². The topological polar surface area (TPSA) is 43.1 Å². The van der Waals surface area contributed by atoms with E-state index in [2.05, 4.69) is 15.9 Å². The lowest BCUT2D eigenvalue weighted by molar-refractivity contribution is -0.116. The molecule has 2 aliphatic carbocycles. The van der Waals surface area contributed by atoms with Crippen LogP contribution in [0.2, 0.25) is 0 Å². The van der Waals surface area contributed by atoms with E-state index < -0.39 is 0 Å². The number of rotatable bonds is 3. The van der Waals surface area contributed by atoms with Crippen molar-refractivity contribution in [2.45, 2.75) is 25.7 Å². The molecule has 0 heterocycles. The van der Waals surface area contributed by atoms with Crippen molar-refractivity contribution in [2.24, 2.45) is 17.6 Å². The number of allylic oxidation sites excluding steroid dienone is 2. The summed E-state index contributed by atoms with van der Waals surface area (Å²) in [6.07, 6.45) is 4.40. The maximum absolute atomic E-state index is 11.5. The number of Topliss-reactive ketones (excluding diaryl/α,β-unsaturated/α-hetero) is 1. The van der Waals surface area contributed by atoms with Gasteiger partial charge in [-0.15, -0.1) is 0 Å². The van der Waals surface area contributed by atoms with Crippen LogP contribution in [-0.4, -0.2) is 5.78 Å². The van der Waals surface area contributed by atoms with E-state index in [9.17, 15) is 4.79 Å². The van der Waals surface area contributed by atoms with Crippen molar-refractivity contribution in [3.63, 3.8) is 0 Å². The maximum atomic E-state index is 11.5. The van der Waals surface area contributed by atoms with E-state index >= 15 is 0 Å². The molecule has 0 aromatic carbocycles. The van der Waals surface area contributed by atoms with Crippen molar-refractivity contribution in [3.8, 4) is 0 Å². The fourth-order valence-corrected chi connectivity index (χ4v) is 1.89. The molecule has 0 atom stereocenters. The molecule has 2 aliphatic rings. The zero-order valence-corrected chi connectivity index (χ0v) is 8.43. The summed E-state index contributed by atoms with van der Waals surface area (Å²) < 4.78 is 0.660. The van der Waals surface area contributed by atoms with Gasteiger partial charge in [0.1, 0.15) is 0 Å². The van der Waals surface area contributed by atoms with Crippen LogP contribution in [-0.2, 0) is 4.79 Å². The van der Waals surface area contributed by atoms with Gasteiger partial charge in [0.25, 0.3) is 0 Å². The monoisotopic (exact) mass is 229 g/mol. The van der Waals surface area contributed by atoms with Gasteiger partial charge in [0.15, 0.2) is 5.78 Å². The molecule has 0 bridgehead atoms. The molecule has 0 aromatic rings. The Morgan fingerprint density at radius 1 is 1.17 bits per heavy atom. The van der Waals surface area contributed by atoms with Gasteiger partial charge in [0.2, 0.25) is 0 Å². The average Bonchev–Trinajstić information content (AvgIpc) is 2.90. The lowest BCUT2D eigenvalue weighted by Crippen LogP contribution is -2.09. The fraction of sp³-hybridized carbons (Fsp3) is 0.667. The van der Waals surface area contributed by atoms with Crippen LogP contribution < -0.4 is 5.73 Å². The number of hydrogen-bond donors (Lipinski definition) is 1. The quantitative estimate of drug-likeness (QED) is 0.753. The van der Waals surface area contributed by atoms with Gasteiger partial charge < -0.3 is 5.73 Å². The summed E-state index contributed by atoms with van der Waals surface area (Å²) in [5.74, 6) is 0.984. The van der Waals surface area contributed by atoms with Crippen LogP contribution in [0.4, 0.5) is 0 Å². The minimum Gasteiger partial charge on any atom is -0.401 e. The van der Waals surface area contributed by atoms with E-state index in [1.54, 1.807) is 0 Å². The van der Waals surface area contributed by atoms with Crippen molar-refractivity contribution in [2.75, 3.05) is 0 Å². The van der Waals surface area contributed by atoms with Gasteiger partial charge >= 0.3 is 0 Å². The summed E-state index contributed by atoms with van der Waals surface area (Å²) in [4.78, 5) is 11.5. The van der Waals surface area contributed by atoms with E-state index in [4.69, 9.17) is 5.73 Å². The molecular formula is C9H12BrNO. The molecule has 2 fully saturated rings. The molecular weight excluding hydrogens is 218 g/mol. The Balaban J connectivity index is 2.08. The lowest BCUT2D eigenvalue weighted by Gasteiger charge is -2.02.